The van der Waals surface area contributed by atoms with Gasteiger partial charge < -0.3 is 10.2 Å². The van der Waals surface area contributed by atoms with E-state index in [-0.39, 0.29) is 0 Å². The number of nitrogens with zero attached hydrogens (tertiary/aromatic N) is 2. The SMILES string of the molecule is CN/C=C1/C=CN(C2CC2)/C1=N/C=O. The first-order chi connectivity index (χ1) is 6.86. The molecule has 1 saturated carbocycles. The fourth-order valence-electron chi connectivity index (χ4n) is 1.56. The Hall–Kier alpha value is -1.58. The Balaban J connectivity index is 2.23. The molecule has 2 aliphatic rings. The highest BCUT2D eigenvalue weighted by Gasteiger charge is 2.33. The van der Waals surface area contributed by atoms with Gasteiger partial charge in [-0.05, 0) is 18.9 Å². The summed E-state index contributed by atoms with van der Waals surface area (Å²) in [7, 11) is 1.83. The minimum Gasteiger partial charge on any atom is -0.393 e. The molecule has 1 fully saturated rings. The van der Waals surface area contributed by atoms with Gasteiger partial charge in [0.2, 0.25) is 6.41 Å². The van der Waals surface area contributed by atoms with Crippen molar-refractivity contribution >= 4 is 12.2 Å². The number of carbonyl (C=O) groups is 1. The maximum absolute atomic E-state index is 10.4. The smallest absolute Gasteiger partial charge is 0.234 e. The van der Waals surface area contributed by atoms with E-state index in [1.54, 1.807) is 0 Å². The quantitative estimate of drug-likeness (QED) is 0.666. The lowest BCUT2D eigenvalue weighted by molar-refractivity contribution is -0.106. The number of rotatable bonds is 3. The lowest BCUT2D eigenvalue weighted by Crippen LogP contribution is -2.25. The normalized spacial score (nSPS) is 26.2. The second-order valence-corrected chi connectivity index (χ2v) is 3.40. The van der Waals surface area contributed by atoms with Crippen LogP contribution in [0.4, 0.5) is 0 Å². The van der Waals surface area contributed by atoms with Gasteiger partial charge in [0.1, 0.15) is 5.84 Å². The van der Waals surface area contributed by atoms with Crippen LogP contribution < -0.4 is 5.32 Å². The average molecular weight is 191 g/mol. The van der Waals surface area contributed by atoms with Crippen LogP contribution in [0.15, 0.2) is 29.0 Å². The van der Waals surface area contributed by atoms with Gasteiger partial charge >= 0.3 is 0 Å². The van der Waals surface area contributed by atoms with E-state index in [1.807, 2.05) is 25.5 Å². The fourth-order valence-corrected chi connectivity index (χ4v) is 1.56. The van der Waals surface area contributed by atoms with Gasteiger partial charge in [-0.2, -0.15) is 4.99 Å². The van der Waals surface area contributed by atoms with Gasteiger partial charge in [-0.3, -0.25) is 4.79 Å². The first-order valence-corrected chi connectivity index (χ1v) is 4.72. The van der Waals surface area contributed by atoms with E-state index in [4.69, 9.17) is 0 Å². The number of nitrogens with one attached hydrogen (secondary N) is 1. The van der Waals surface area contributed by atoms with Crippen LogP contribution in [-0.4, -0.2) is 30.2 Å². The Labute approximate surface area is 83.0 Å². The zero-order valence-corrected chi connectivity index (χ0v) is 8.10. The standard InChI is InChI=1S/C10H13N3O/c1-11-6-8-4-5-13(9-2-3-9)10(8)12-7-14/h4-7,9,11H,2-3H2,1H3/b8-6-,12-10+. The van der Waals surface area contributed by atoms with Crippen LogP contribution in [-0.2, 0) is 4.79 Å². The van der Waals surface area contributed by atoms with E-state index in [0.717, 1.165) is 11.4 Å². The molecule has 4 nitrogen and oxygen atoms in total. The summed E-state index contributed by atoms with van der Waals surface area (Å²) in [5.74, 6) is 0.761. The Morgan fingerprint density at radius 1 is 1.64 bits per heavy atom. The number of aliphatic imine (C=N–C) groups is 1. The predicted octanol–water partition coefficient (Wildman–Crippen LogP) is 0.636. The van der Waals surface area contributed by atoms with E-state index in [1.165, 1.54) is 12.8 Å². The molecule has 1 aliphatic heterocycles. The molecule has 74 valence electrons. The largest absolute Gasteiger partial charge is 0.393 e. The minimum atomic E-state index is 0.549. The summed E-state index contributed by atoms with van der Waals surface area (Å²) in [6.07, 6.45) is 8.78. The lowest BCUT2D eigenvalue weighted by Gasteiger charge is -2.15. The number of hydrogen-bond acceptors (Lipinski definition) is 2. The molecule has 14 heavy (non-hydrogen) atoms. The third-order valence-electron chi connectivity index (χ3n) is 2.33. The van der Waals surface area contributed by atoms with E-state index in [2.05, 4.69) is 15.2 Å². The van der Waals surface area contributed by atoms with Crippen LogP contribution in [0.1, 0.15) is 12.8 Å². The molecule has 0 bridgehead atoms. The molecule has 0 saturated heterocycles. The first kappa shape index (κ1) is 8.99. The Morgan fingerprint density at radius 2 is 2.43 bits per heavy atom. The molecule has 0 atom stereocenters. The van der Waals surface area contributed by atoms with Crippen molar-refractivity contribution in [3.05, 3.63) is 24.0 Å². The number of amides is 1. The Morgan fingerprint density at radius 3 is 3.00 bits per heavy atom. The van der Waals surface area contributed by atoms with E-state index >= 15 is 0 Å². The molecule has 2 rings (SSSR count). The fraction of sp³-hybridized carbons (Fsp3) is 0.400. The maximum atomic E-state index is 10.4. The Kier molecular flexibility index (Phi) is 2.35. The minimum absolute atomic E-state index is 0.549. The molecule has 1 heterocycles. The van der Waals surface area contributed by atoms with Gasteiger partial charge in [-0.1, -0.05) is 0 Å². The molecule has 0 aromatic rings. The third kappa shape index (κ3) is 1.55. The van der Waals surface area contributed by atoms with Crippen molar-refractivity contribution in [1.29, 1.82) is 0 Å². The molecular formula is C10H13N3O. The van der Waals surface area contributed by atoms with Crippen molar-refractivity contribution in [2.75, 3.05) is 7.05 Å². The molecule has 1 aliphatic carbocycles. The molecule has 0 aromatic heterocycles. The van der Waals surface area contributed by atoms with Crippen molar-refractivity contribution in [3.8, 4) is 0 Å². The molecule has 0 unspecified atom stereocenters. The summed E-state index contributed by atoms with van der Waals surface area (Å²) in [5.41, 5.74) is 0.964. The van der Waals surface area contributed by atoms with Gasteiger partial charge in [-0.25, -0.2) is 0 Å². The second-order valence-electron chi connectivity index (χ2n) is 3.40. The summed E-state index contributed by atoms with van der Waals surface area (Å²) in [4.78, 5) is 16.3. The second kappa shape index (κ2) is 3.65. The Bertz CT molecular complexity index is 326. The molecule has 0 aromatic carbocycles. The topological polar surface area (TPSA) is 44.7 Å². The molecule has 1 amide bonds. The molecule has 1 N–H and O–H groups in total. The van der Waals surface area contributed by atoms with Gasteiger partial charge in [0.25, 0.3) is 0 Å². The van der Waals surface area contributed by atoms with Crippen molar-refractivity contribution in [3.63, 3.8) is 0 Å². The van der Waals surface area contributed by atoms with Crippen molar-refractivity contribution in [1.82, 2.24) is 10.2 Å². The monoisotopic (exact) mass is 191 g/mol. The maximum Gasteiger partial charge on any atom is 0.234 e. The summed E-state index contributed by atoms with van der Waals surface area (Å²) >= 11 is 0. The van der Waals surface area contributed by atoms with Crippen LogP contribution in [0.2, 0.25) is 0 Å². The molecular weight excluding hydrogens is 178 g/mol. The van der Waals surface area contributed by atoms with Gasteiger partial charge in [0, 0.05) is 31.1 Å². The first-order valence-electron chi connectivity index (χ1n) is 4.72. The van der Waals surface area contributed by atoms with Crippen LogP contribution in [0.5, 0.6) is 0 Å². The lowest BCUT2D eigenvalue weighted by atomic mass is 10.3. The van der Waals surface area contributed by atoms with Crippen molar-refractivity contribution < 1.29 is 4.79 Å². The van der Waals surface area contributed by atoms with Crippen LogP contribution in [0.25, 0.3) is 0 Å². The average Bonchev–Trinajstić information content (AvgIpc) is 2.94. The third-order valence-corrected chi connectivity index (χ3v) is 2.33. The molecule has 4 heteroatoms. The summed E-state index contributed by atoms with van der Waals surface area (Å²) in [6.45, 7) is 0. The van der Waals surface area contributed by atoms with Gasteiger partial charge in [0.15, 0.2) is 0 Å². The van der Waals surface area contributed by atoms with E-state index in [9.17, 15) is 4.79 Å². The zero-order valence-electron chi connectivity index (χ0n) is 8.10. The molecule has 0 spiro atoms. The summed E-state index contributed by atoms with van der Waals surface area (Å²) in [5, 5.41) is 2.94. The van der Waals surface area contributed by atoms with Gasteiger partial charge in [0.05, 0.1) is 0 Å². The van der Waals surface area contributed by atoms with E-state index < -0.39 is 0 Å². The van der Waals surface area contributed by atoms with E-state index in [0.29, 0.717) is 12.5 Å². The zero-order chi connectivity index (χ0) is 9.97. The van der Waals surface area contributed by atoms with Gasteiger partial charge in [-0.15, -0.1) is 0 Å². The number of hydrogen-bond donors (Lipinski definition) is 1. The molecule has 0 radical (unpaired) electrons. The number of amidine groups is 1. The van der Waals surface area contributed by atoms with Crippen LogP contribution >= 0.6 is 0 Å². The summed E-state index contributed by atoms with van der Waals surface area (Å²) < 4.78 is 0. The predicted molar refractivity (Wildman–Crippen MR) is 54.6 cm³/mol. The summed E-state index contributed by atoms with van der Waals surface area (Å²) in [6, 6.07) is 0.549. The highest BCUT2D eigenvalue weighted by atomic mass is 16.1. The number of carbonyl (C=O) groups excluding carboxylic acids is 1. The highest BCUT2D eigenvalue weighted by Crippen LogP contribution is 2.31. The van der Waals surface area contributed by atoms with Crippen LogP contribution in [0, 0.1) is 0 Å². The van der Waals surface area contributed by atoms with Crippen LogP contribution in [0.3, 0.4) is 0 Å². The highest BCUT2D eigenvalue weighted by molar-refractivity contribution is 6.06. The van der Waals surface area contributed by atoms with Crippen molar-refractivity contribution in [2.24, 2.45) is 4.99 Å². The van der Waals surface area contributed by atoms with Crippen molar-refractivity contribution in [2.45, 2.75) is 18.9 Å².